The molecule has 0 bridgehead atoms. The van der Waals surface area contributed by atoms with Gasteiger partial charge in [0.1, 0.15) is 0 Å². The monoisotopic (exact) mass is 688 g/mol. The Kier molecular flexibility index (Phi) is 6.82. The van der Waals surface area contributed by atoms with Crippen molar-refractivity contribution in [1.29, 1.82) is 0 Å². The van der Waals surface area contributed by atoms with E-state index in [1.54, 1.807) is 0 Å². The molecule has 2 heterocycles. The molecule has 0 aliphatic rings. The lowest BCUT2D eigenvalue weighted by Gasteiger charge is -2.27. The van der Waals surface area contributed by atoms with Crippen molar-refractivity contribution < 1.29 is 0 Å². The Bertz CT molecular complexity index is 3190. The summed E-state index contributed by atoms with van der Waals surface area (Å²) in [6.07, 6.45) is 1.94. The van der Waals surface area contributed by atoms with E-state index in [4.69, 9.17) is 9.97 Å². The maximum absolute atomic E-state index is 5.38. The fourth-order valence-corrected chi connectivity index (χ4v) is 8.41. The van der Waals surface area contributed by atoms with Gasteiger partial charge in [0, 0.05) is 49.6 Å². The fraction of sp³-hybridized carbons (Fsp3) is 0. The second kappa shape index (κ2) is 12.1. The summed E-state index contributed by atoms with van der Waals surface area (Å²) < 4.78 is 2.36. The van der Waals surface area contributed by atoms with Crippen molar-refractivity contribution in [2.45, 2.75) is 0 Å². The van der Waals surface area contributed by atoms with Crippen LogP contribution in [0.1, 0.15) is 0 Å². The summed E-state index contributed by atoms with van der Waals surface area (Å²) in [5, 5.41) is 9.30. The van der Waals surface area contributed by atoms with Crippen molar-refractivity contribution in [1.82, 2.24) is 14.5 Å². The molecule has 0 aliphatic heterocycles. The second-order valence-corrected chi connectivity index (χ2v) is 13.8. The SMILES string of the molecule is c1ccc(N(c2ccc3c(c2)c2ccccc2n3-c2ccccc2)c2ccc(-c3cnc4c5ccccc5c5ccccc5c4n3)c3ccccc23)cc1. The summed E-state index contributed by atoms with van der Waals surface area (Å²) in [5.41, 5.74) is 10.5. The molecule has 54 heavy (non-hydrogen) atoms. The standard InChI is InChI=1S/C50H32N4/c1-3-15-33(16-4-1)53(35-27-29-48-44(31-35)41-23-13-14-26-46(41)54(48)34-17-5-2-6-18-34)47-30-28-39(38-21-7-10-22-40(38)47)45-32-51-49-42-24-11-8-19-36(42)37-20-9-12-25-43(37)50(49)52-45/h1-32H. The molecule has 0 N–H and O–H groups in total. The second-order valence-electron chi connectivity index (χ2n) is 13.8. The predicted octanol–water partition coefficient (Wildman–Crippen LogP) is 13.3. The molecule has 0 atom stereocenters. The summed E-state index contributed by atoms with van der Waals surface area (Å²) in [4.78, 5) is 12.9. The van der Waals surface area contributed by atoms with Crippen molar-refractivity contribution in [2.24, 2.45) is 0 Å². The van der Waals surface area contributed by atoms with Crippen LogP contribution in [0.15, 0.2) is 194 Å². The van der Waals surface area contributed by atoms with Crippen molar-refractivity contribution in [3.05, 3.63) is 194 Å². The first-order chi connectivity index (χ1) is 26.8. The Hall–Kier alpha value is -7.30. The van der Waals surface area contributed by atoms with Gasteiger partial charge in [0.15, 0.2) is 0 Å². The van der Waals surface area contributed by atoms with Gasteiger partial charge in [0.25, 0.3) is 0 Å². The van der Waals surface area contributed by atoms with Gasteiger partial charge in [0.05, 0.1) is 39.6 Å². The van der Waals surface area contributed by atoms with E-state index in [1.807, 2.05) is 6.20 Å². The van der Waals surface area contributed by atoms with Crippen LogP contribution >= 0.6 is 0 Å². The summed E-state index contributed by atoms with van der Waals surface area (Å²) in [6, 6.07) is 67.0. The lowest BCUT2D eigenvalue weighted by Crippen LogP contribution is -2.10. The average Bonchev–Trinajstić information content (AvgIpc) is 3.58. The van der Waals surface area contributed by atoms with E-state index in [1.165, 1.54) is 32.6 Å². The van der Waals surface area contributed by atoms with E-state index < -0.39 is 0 Å². The van der Waals surface area contributed by atoms with Gasteiger partial charge in [-0.2, -0.15) is 0 Å². The highest BCUT2D eigenvalue weighted by molar-refractivity contribution is 6.23. The summed E-state index contributed by atoms with van der Waals surface area (Å²) in [5.74, 6) is 0. The maximum Gasteiger partial charge on any atom is 0.0979 e. The minimum Gasteiger partial charge on any atom is -0.310 e. The van der Waals surface area contributed by atoms with Gasteiger partial charge in [-0.3, -0.25) is 4.98 Å². The molecular formula is C50H32N4. The molecule has 0 spiro atoms. The molecule has 0 saturated carbocycles. The van der Waals surface area contributed by atoms with Crippen LogP contribution in [-0.4, -0.2) is 14.5 Å². The molecule has 4 nitrogen and oxygen atoms in total. The zero-order valence-corrected chi connectivity index (χ0v) is 29.3. The Labute approximate surface area is 311 Å². The number of aromatic nitrogens is 3. The van der Waals surface area contributed by atoms with E-state index in [-0.39, 0.29) is 0 Å². The number of hydrogen-bond donors (Lipinski definition) is 0. The molecule has 11 rings (SSSR count). The molecule has 0 radical (unpaired) electrons. The Morgan fingerprint density at radius 2 is 0.963 bits per heavy atom. The first kappa shape index (κ1) is 30.3. The van der Waals surface area contributed by atoms with Crippen molar-refractivity contribution in [3.63, 3.8) is 0 Å². The van der Waals surface area contributed by atoms with Crippen LogP contribution in [0.3, 0.4) is 0 Å². The smallest absolute Gasteiger partial charge is 0.0979 e. The summed E-state index contributed by atoms with van der Waals surface area (Å²) in [7, 11) is 0. The van der Waals surface area contributed by atoms with Gasteiger partial charge < -0.3 is 9.47 Å². The number of anilines is 3. The highest BCUT2D eigenvalue weighted by Gasteiger charge is 2.21. The third kappa shape index (κ3) is 4.64. The number of hydrogen-bond acceptors (Lipinski definition) is 3. The molecule has 2 aromatic heterocycles. The lowest BCUT2D eigenvalue weighted by molar-refractivity contribution is 1.18. The fourth-order valence-electron chi connectivity index (χ4n) is 8.41. The van der Waals surface area contributed by atoms with E-state index >= 15 is 0 Å². The largest absolute Gasteiger partial charge is 0.310 e. The molecule has 0 aliphatic carbocycles. The van der Waals surface area contributed by atoms with Crippen LogP contribution < -0.4 is 4.90 Å². The molecule has 0 unspecified atom stereocenters. The van der Waals surface area contributed by atoms with E-state index in [9.17, 15) is 0 Å². The van der Waals surface area contributed by atoms with Gasteiger partial charge in [-0.05, 0) is 70.8 Å². The minimum atomic E-state index is 0.854. The molecule has 4 heteroatoms. The molecule has 9 aromatic carbocycles. The first-order valence-corrected chi connectivity index (χ1v) is 18.3. The number of benzene rings is 9. The van der Waals surface area contributed by atoms with Gasteiger partial charge in [0.2, 0.25) is 0 Å². The van der Waals surface area contributed by atoms with Crippen LogP contribution in [-0.2, 0) is 0 Å². The molecule has 0 saturated heterocycles. The van der Waals surface area contributed by atoms with Gasteiger partial charge >= 0.3 is 0 Å². The number of nitrogens with zero attached hydrogens (tertiary/aromatic N) is 4. The highest BCUT2D eigenvalue weighted by Crippen LogP contribution is 2.44. The third-order valence-corrected chi connectivity index (χ3v) is 10.8. The van der Waals surface area contributed by atoms with E-state index in [0.29, 0.717) is 0 Å². The van der Waals surface area contributed by atoms with E-state index in [2.05, 4.69) is 198 Å². The Morgan fingerprint density at radius 3 is 1.70 bits per heavy atom. The van der Waals surface area contributed by atoms with Crippen LogP contribution in [0.5, 0.6) is 0 Å². The van der Waals surface area contributed by atoms with Crippen molar-refractivity contribution >= 4 is 82.2 Å². The number of rotatable bonds is 5. The highest BCUT2D eigenvalue weighted by atomic mass is 15.1. The zero-order valence-electron chi connectivity index (χ0n) is 29.3. The van der Waals surface area contributed by atoms with E-state index in [0.717, 1.165) is 66.6 Å². The molecule has 0 fully saturated rings. The molecule has 252 valence electrons. The number of fused-ring (bicyclic) bond motifs is 10. The minimum absolute atomic E-state index is 0.854. The zero-order chi connectivity index (χ0) is 35.6. The van der Waals surface area contributed by atoms with Crippen LogP contribution in [0.25, 0.3) is 82.1 Å². The normalized spacial score (nSPS) is 11.7. The Morgan fingerprint density at radius 1 is 0.389 bits per heavy atom. The molecule has 11 aromatic rings. The lowest BCUT2D eigenvalue weighted by atomic mass is 9.97. The molecule has 0 amide bonds. The van der Waals surface area contributed by atoms with Crippen molar-refractivity contribution in [3.8, 4) is 16.9 Å². The summed E-state index contributed by atoms with van der Waals surface area (Å²) >= 11 is 0. The van der Waals surface area contributed by atoms with Crippen LogP contribution in [0.4, 0.5) is 17.1 Å². The van der Waals surface area contributed by atoms with Gasteiger partial charge in [-0.25, -0.2) is 4.98 Å². The maximum atomic E-state index is 5.38. The van der Waals surface area contributed by atoms with Crippen LogP contribution in [0.2, 0.25) is 0 Å². The molecular weight excluding hydrogens is 657 g/mol. The topological polar surface area (TPSA) is 34.0 Å². The average molecular weight is 689 g/mol. The summed E-state index contributed by atoms with van der Waals surface area (Å²) in [6.45, 7) is 0. The van der Waals surface area contributed by atoms with Crippen LogP contribution in [0, 0.1) is 0 Å². The predicted molar refractivity (Wildman–Crippen MR) is 227 cm³/mol. The number of para-hydroxylation sites is 3. The van der Waals surface area contributed by atoms with Crippen molar-refractivity contribution in [2.75, 3.05) is 4.90 Å². The van der Waals surface area contributed by atoms with Gasteiger partial charge in [-0.1, -0.05) is 133 Å². The quantitative estimate of drug-likeness (QED) is 0.169. The Balaban J connectivity index is 1.12. The van der Waals surface area contributed by atoms with Gasteiger partial charge in [-0.15, -0.1) is 0 Å². The third-order valence-electron chi connectivity index (χ3n) is 10.8. The first-order valence-electron chi connectivity index (χ1n) is 18.3.